The van der Waals surface area contributed by atoms with Crippen molar-refractivity contribution in [1.29, 1.82) is 0 Å². The van der Waals surface area contributed by atoms with E-state index < -0.39 is 0 Å². The number of fused-ring (bicyclic) bond motifs is 2. The summed E-state index contributed by atoms with van der Waals surface area (Å²) < 4.78 is 6.18. The average molecular weight is 363 g/mol. The molecule has 27 heavy (non-hydrogen) atoms. The number of para-hydroxylation sites is 2. The van der Waals surface area contributed by atoms with Crippen LogP contribution in [0.25, 0.3) is 0 Å². The third kappa shape index (κ3) is 4.26. The Balaban J connectivity index is 1.58. The van der Waals surface area contributed by atoms with Crippen LogP contribution in [0.15, 0.2) is 60.2 Å². The average Bonchev–Trinajstić information content (AvgIpc) is 2.85. The predicted molar refractivity (Wildman–Crippen MR) is 113 cm³/mol. The second-order valence-corrected chi connectivity index (χ2v) is 7.90. The van der Waals surface area contributed by atoms with Crippen molar-refractivity contribution in [2.24, 2.45) is 0 Å². The third-order valence-corrected chi connectivity index (χ3v) is 5.60. The van der Waals surface area contributed by atoms with Gasteiger partial charge in [0, 0.05) is 31.0 Å². The standard InChI is InChI=1S/C24H30N2O/c1-19(2)13-14-25-15-16-27-22(17-25)18-26-23-9-5-3-7-20(23)11-12-21-8-4-6-10-24(21)26/h3-10,13,22H,11-12,14-18H2,1-2H3. The zero-order valence-electron chi connectivity index (χ0n) is 16.5. The maximum atomic E-state index is 6.18. The quantitative estimate of drug-likeness (QED) is 0.740. The van der Waals surface area contributed by atoms with E-state index in [0.717, 1.165) is 45.6 Å². The van der Waals surface area contributed by atoms with Gasteiger partial charge in [-0.25, -0.2) is 0 Å². The maximum Gasteiger partial charge on any atom is 0.0881 e. The summed E-state index contributed by atoms with van der Waals surface area (Å²) in [5, 5.41) is 0. The van der Waals surface area contributed by atoms with Crippen molar-refractivity contribution in [3.63, 3.8) is 0 Å². The first-order chi connectivity index (χ1) is 13.2. The minimum absolute atomic E-state index is 0.225. The van der Waals surface area contributed by atoms with Crippen molar-refractivity contribution in [2.45, 2.75) is 32.8 Å². The van der Waals surface area contributed by atoms with Gasteiger partial charge in [0.2, 0.25) is 0 Å². The van der Waals surface area contributed by atoms with Gasteiger partial charge >= 0.3 is 0 Å². The van der Waals surface area contributed by atoms with E-state index in [1.54, 1.807) is 0 Å². The molecular weight excluding hydrogens is 332 g/mol. The molecule has 1 saturated heterocycles. The molecule has 2 aliphatic rings. The second kappa shape index (κ2) is 8.28. The molecule has 1 atom stereocenters. The molecule has 1 unspecified atom stereocenters. The fourth-order valence-corrected chi connectivity index (χ4v) is 4.14. The zero-order valence-corrected chi connectivity index (χ0v) is 16.5. The van der Waals surface area contributed by atoms with E-state index in [1.807, 2.05) is 0 Å². The number of nitrogens with zero attached hydrogens (tertiary/aromatic N) is 2. The van der Waals surface area contributed by atoms with Crippen LogP contribution in [-0.2, 0) is 17.6 Å². The van der Waals surface area contributed by atoms with Gasteiger partial charge in [-0.1, -0.05) is 48.0 Å². The molecule has 0 radical (unpaired) electrons. The molecule has 0 bridgehead atoms. The van der Waals surface area contributed by atoms with Crippen LogP contribution in [0.5, 0.6) is 0 Å². The maximum absolute atomic E-state index is 6.18. The summed E-state index contributed by atoms with van der Waals surface area (Å²) >= 11 is 0. The zero-order chi connectivity index (χ0) is 18.6. The van der Waals surface area contributed by atoms with E-state index >= 15 is 0 Å². The molecule has 1 fully saturated rings. The van der Waals surface area contributed by atoms with Gasteiger partial charge in [-0.15, -0.1) is 0 Å². The van der Waals surface area contributed by atoms with Crippen molar-refractivity contribution in [3.05, 3.63) is 71.3 Å². The topological polar surface area (TPSA) is 15.7 Å². The molecule has 3 heteroatoms. The number of aryl methyl sites for hydroxylation is 2. The van der Waals surface area contributed by atoms with Crippen LogP contribution in [0.4, 0.5) is 11.4 Å². The van der Waals surface area contributed by atoms with Crippen LogP contribution in [0, 0.1) is 0 Å². The molecular formula is C24H30N2O. The van der Waals surface area contributed by atoms with Gasteiger partial charge in [-0.3, -0.25) is 4.90 Å². The molecule has 2 aromatic carbocycles. The number of hydrogen-bond donors (Lipinski definition) is 0. The van der Waals surface area contributed by atoms with Gasteiger partial charge in [0.25, 0.3) is 0 Å². The molecule has 0 amide bonds. The van der Waals surface area contributed by atoms with E-state index in [4.69, 9.17) is 4.74 Å². The van der Waals surface area contributed by atoms with Gasteiger partial charge < -0.3 is 9.64 Å². The van der Waals surface area contributed by atoms with Crippen molar-refractivity contribution in [2.75, 3.05) is 37.7 Å². The van der Waals surface area contributed by atoms with E-state index in [0.29, 0.717) is 0 Å². The lowest BCUT2D eigenvalue weighted by molar-refractivity contribution is -0.0190. The lowest BCUT2D eigenvalue weighted by Crippen LogP contribution is -2.47. The number of anilines is 2. The number of benzene rings is 2. The van der Waals surface area contributed by atoms with Gasteiger partial charge in [0.15, 0.2) is 0 Å². The minimum atomic E-state index is 0.225. The predicted octanol–water partition coefficient (Wildman–Crippen LogP) is 4.59. The fraction of sp³-hybridized carbons (Fsp3) is 0.417. The summed E-state index contributed by atoms with van der Waals surface area (Å²) in [6.07, 6.45) is 4.74. The van der Waals surface area contributed by atoms with E-state index in [1.165, 1.54) is 28.1 Å². The summed E-state index contributed by atoms with van der Waals surface area (Å²) in [6, 6.07) is 17.7. The molecule has 2 aliphatic heterocycles. The van der Waals surface area contributed by atoms with Crippen LogP contribution in [-0.4, -0.2) is 43.8 Å². The Morgan fingerprint density at radius 1 is 1.00 bits per heavy atom. The number of ether oxygens (including phenoxy) is 1. The molecule has 4 rings (SSSR count). The van der Waals surface area contributed by atoms with Crippen LogP contribution in [0.2, 0.25) is 0 Å². The van der Waals surface area contributed by atoms with Crippen LogP contribution in [0.1, 0.15) is 25.0 Å². The van der Waals surface area contributed by atoms with E-state index in [9.17, 15) is 0 Å². The Morgan fingerprint density at radius 2 is 1.63 bits per heavy atom. The molecule has 2 heterocycles. The Kier molecular flexibility index (Phi) is 5.61. The smallest absolute Gasteiger partial charge is 0.0881 e. The molecule has 0 aromatic heterocycles. The lowest BCUT2D eigenvalue weighted by Gasteiger charge is -2.36. The summed E-state index contributed by atoms with van der Waals surface area (Å²) in [6.45, 7) is 9.09. The third-order valence-electron chi connectivity index (χ3n) is 5.60. The molecule has 0 aliphatic carbocycles. The number of allylic oxidation sites excluding steroid dienone is 1. The monoisotopic (exact) mass is 362 g/mol. The van der Waals surface area contributed by atoms with Crippen molar-refractivity contribution < 1.29 is 4.74 Å². The van der Waals surface area contributed by atoms with Crippen LogP contribution >= 0.6 is 0 Å². The summed E-state index contributed by atoms with van der Waals surface area (Å²) in [7, 11) is 0. The SMILES string of the molecule is CC(C)=CCN1CCOC(CN2c3ccccc3CCc3ccccc32)C1. The molecule has 0 spiro atoms. The van der Waals surface area contributed by atoms with Crippen molar-refractivity contribution >= 4 is 11.4 Å². The number of rotatable bonds is 4. The minimum Gasteiger partial charge on any atom is -0.374 e. The Bertz CT molecular complexity index is 762. The lowest BCUT2D eigenvalue weighted by atomic mass is 10.0. The Hall–Kier alpha value is -2.10. The normalized spacial score (nSPS) is 19.8. The Labute approximate surface area is 163 Å². The van der Waals surface area contributed by atoms with Crippen molar-refractivity contribution in [3.8, 4) is 0 Å². The highest BCUT2D eigenvalue weighted by atomic mass is 16.5. The van der Waals surface area contributed by atoms with E-state index in [-0.39, 0.29) is 6.10 Å². The number of hydrogen-bond acceptors (Lipinski definition) is 3. The molecule has 3 nitrogen and oxygen atoms in total. The van der Waals surface area contributed by atoms with Gasteiger partial charge in [-0.2, -0.15) is 0 Å². The first kappa shape index (κ1) is 18.3. The fourth-order valence-electron chi connectivity index (χ4n) is 4.14. The van der Waals surface area contributed by atoms with Gasteiger partial charge in [0.05, 0.1) is 19.3 Å². The van der Waals surface area contributed by atoms with Crippen LogP contribution < -0.4 is 4.90 Å². The van der Waals surface area contributed by atoms with Crippen LogP contribution in [0.3, 0.4) is 0 Å². The molecule has 2 aromatic rings. The molecule has 0 N–H and O–H groups in total. The molecule has 142 valence electrons. The Morgan fingerprint density at radius 3 is 2.26 bits per heavy atom. The summed E-state index contributed by atoms with van der Waals surface area (Å²) in [5.41, 5.74) is 6.94. The second-order valence-electron chi connectivity index (χ2n) is 7.90. The number of morpholine rings is 1. The molecule has 0 saturated carbocycles. The van der Waals surface area contributed by atoms with Gasteiger partial charge in [0.1, 0.15) is 0 Å². The summed E-state index contributed by atoms with van der Waals surface area (Å²) in [5.74, 6) is 0. The largest absolute Gasteiger partial charge is 0.374 e. The van der Waals surface area contributed by atoms with Crippen molar-refractivity contribution in [1.82, 2.24) is 4.90 Å². The van der Waals surface area contributed by atoms with E-state index in [2.05, 4.69) is 78.3 Å². The first-order valence-electron chi connectivity index (χ1n) is 10.1. The summed E-state index contributed by atoms with van der Waals surface area (Å²) in [4.78, 5) is 5.00. The highest BCUT2D eigenvalue weighted by Gasteiger charge is 2.26. The highest BCUT2D eigenvalue weighted by Crippen LogP contribution is 2.36. The highest BCUT2D eigenvalue weighted by molar-refractivity contribution is 5.71. The van der Waals surface area contributed by atoms with Gasteiger partial charge in [-0.05, 0) is 49.9 Å². The first-order valence-corrected chi connectivity index (χ1v) is 10.1.